The van der Waals surface area contributed by atoms with Crippen LogP contribution in [0.2, 0.25) is 0 Å². The van der Waals surface area contributed by atoms with E-state index in [1.165, 1.54) is 17.5 Å². The van der Waals surface area contributed by atoms with Crippen LogP contribution in [0.1, 0.15) is 33.5 Å². The molecule has 1 aliphatic rings. The van der Waals surface area contributed by atoms with Gasteiger partial charge in [0.05, 0.1) is 18.3 Å². The number of aryl methyl sites for hydroxylation is 2. The summed E-state index contributed by atoms with van der Waals surface area (Å²) < 4.78 is 28.2. The Morgan fingerprint density at radius 2 is 2.22 bits per heavy atom. The van der Waals surface area contributed by atoms with Crippen LogP contribution in [0.25, 0.3) is 11.3 Å². The molecule has 3 heterocycles. The van der Waals surface area contributed by atoms with Gasteiger partial charge in [0, 0.05) is 28.8 Å². The average molecular weight is 333 g/mol. The van der Waals surface area contributed by atoms with Crippen LogP contribution in [0.15, 0.2) is 18.5 Å². The normalized spacial score (nSPS) is 15.8. The van der Waals surface area contributed by atoms with Crippen molar-refractivity contribution in [3.8, 4) is 11.3 Å². The minimum absolute atomic E-state index is 0.139. The molecular formula is C15H13F2N5S. The number of aromatic nitrogens is 5. The van der Waals surface area contributed by atoms with Crippen molar-refractivity contribution in [2.45, 2.75) is 32.1 Å². The Kier molecular flexibility index (Phi) is 3.22. The number of hydrogen-bond acceptors (Lipinski definition) is 5. The van der Waals surface area contributed by atoms with Gasteiger partial charge in [-0.1, -0.05) is 0 Å². The minimum atomic E-state index is -2.90. The molecule has 0 aromatic carbocycles. The van der Waals surface area contributed by atoms with Gasteiger partial charge in [0.2, 0.25) is 0 Å². The average Bonchev–Trinajstić information content (AvgIpc) is 3.10. The smallest absolute Gasteiger partial charge is 0.276 e. The lowest BCUT2D eigenvalue weighted by atomic mass is 10.1. The number of fused-ring (bicyclic) bond motifs is 3. The van der Waals surface area contributed by atoms with E-state index < -0.39 is 5.92 Å². The zero-order valence-electron chi connectivity index (χ0n) is 12.3. The molecule has 3 aromatic rings. The lowest BCUT2D eigenvalue weighted by Gasteiger charge is -2.12. The van der Waals surface area contributed by atoms with E-state index >= 15 is 0 Å². The monoisotopic (exact) mass is 333 g/mol. The summed E-state index contributed by atoms with van der Waals surface area (Å²) in [4.78, 5) is 14.0. The van der Waals surface area contributed by atoms with Gasteiger partial charge in [-0.2, -0.15) is 13.9 Å². The van der Waals surface area contributed by atoms with E-state index in [1.54, 1.807) is 6.20 Å². The van der Waals surface area contributed by atoms with E-state index in [1.807, 2.05) is 13.0 Å². The predicted molar refractivity (Wildman–Crippen MR) is 81.5 cm³/mol. The van der Waals surface area contributed by atoms with Gasteiger partial charge in [-0.25, -0.2) is 15.0 Å². The lowest BCUT2D eigenvalue weighted by Crippen LogP contribution is -2.14. The van der Waals surface area contributed by atoms with Gasteiger partial charge < -0.3 is 0 Å². The van der Waals surface area contributed by atoms with E-state index in [9.17, 15) is 8.78 Å². The first-order chi connectivity index (χ1) is 11.0. The van der Waals surface area contributed by atoms with Gasteiger partial charge in [0.15, 0.2) is 0 Å². The van der Waals surface area contributed by atoms with Crippen molar-refractivity contribution in [1.82, 2.24) is 25.1 Å². The maximum absolute atomic E-state index is 14.1. The summed E-state index contributed by atoms with van der Waals surface area (Å²) in [6.45, 7) is 1.90. The van der Waals surface area contributed by atoms with Gasteiger partial charge >= 0.3 is 0 Å². The Labute approximate surface area is 134 Å². The topological polar surface area (TPSA) is 67.3 Å². The highest BCUT2D eigenvalue weighted by atomic mass is 32.1. The fourth-order valence-electron chi connectivity index (χ4n) is 2.72. The quantitative estimate of drug-likeness (QED) is 0.782. The fourth-order valence-corrected chi connectivity index (χ4v) is 3.80. The van der Waals surface area contributed by atoms with Crippen LogP contribution in [0.3, 0.4) is 0 Å². The Balaban J connectivity index is 1.73. The number of nitrogens with one attached hydrogen (secondary N) is 1. The number of aromatic amines is 1. The molecule has 0 atom stereocenters. The van der Waals surface area contributed by atoms with Gasteiger partial charge in [-0.3, -0.25) is 5.10 Å². The second-order valence-electron chi connectivity index (χ2n) is 5.53. The highest BCUT2D eigenvalue weighted by Gasteiger charge is 2.40. The molecule has 0 fully saturated rings. The van der Waals surface area contributed by atoms with Crippen LogP contribution in [-0.4, -0.2) is 25.1 Å². The highest BCUT2D eigenvalue weighted by molar-refractivity contribution is 7.12. The number of H-pyrrole nitrogens is 1. The second kappa shape index (κ2) is 5.16. The van der Waals surface area contributed by atoms with Crippen LogP contribution in [-0.2, 0) is 18.8 Å². The number of nitrogens with zero attached hydrogens (tertiary/aromatic N) is 4. The molecule has 5 nitrogen and oxygen atoms in total. The molecule has 0 saturated carbocycles. The lowest BCUT2D eigenvalue weighted by molar-refractivity contribution is -0.0159. The van der Waals surface area contributed by atoms with E-state index in [0.717, 1.165) is 15.6 Å². The first-order valence-electron chi connectivity index (χ1n) is 7.22. The molecule has 0 radical (unpaired) electrons. The number of halogens is 2. The van der Waals surface area contributed by atoms with Gasteiger partial charge in [-0.05, 0) is 19.4 Å². The molecule has 0 amide bonds. The van der Waals surface area contributed by atoms with E-state index in [0.29, 0.717) is 29.9 Å². The maximum Gasteiger partial charge on any atom is 0.290 e. The van der Waals surface area contributed by atoms with Crippen LogP contribution in [0, 0.1) is 6.92 Å². The van der Waals surface area contributed by atoms with Crippen molar-refractivity contribution in [2.24, 2.45) is 0 Å². The van der Waals surface area contributed by atoms with Crippen molar-refractivity contribution in [2.75, 3.05) is 0 Å². The zero-order valence-corrected chi connectivity index (χ0v) is 13.1. The molecule has 4 rings (SSSR count). The number of alkyl halides is 2. The molecule has 0 aliphatic heterocycles. The fraction of sp³-hybridized carbons (Fsp3) is 0.333. The van der Waals surface area contributed by atoms with Crippen molar-refractivity contribution in [3.63, 3.8) is 0 Å². The Morgan fingerprint density at radius 1 is 1.35 bits per heavy atom. The minimum Gasteiger partial charge on any atom is -0.276 e. The van der Waals surface area contributed by atoms with Crippen molar-refractivity contribution in [3.05, 3.63) is 45.6 Å². The molecular weight excluding hydrogens is 320 g/mol. The molecule has 23 heavy (non-hydrogen) atoms. The molecule has 0 bridgehead atoms. The highest BCUT2D eigenvalue weighted by Crippen LogP contribution is 2.43. The van der Waals surface area contributed by atoms with E-state index in [-0.39, 0.29) is 12.1 Å². The van der Waals surface area contributed by atoms with Crippen LogP contribution in [0.5, 0.6) is 0 Å². The third kappa shape index (κ3) is 2.52. The van der Waals surface area contributed by atoms with Gasteiger partial charge in [-0.15, -0.1) is 11.3 Å². The molecule has 3 aromatic heterocycles. The molecule has 0 saturated heterocycles. The standard InChI is InChI=1S/C15H13F2N5S/c1-8-3-5-18-11(20-8)6-12-21-13-9-7-19-22-14(9)15(16,17)4-2-10(13)23-12/h3,5,7H,2,4,6H2,1H3,(H,19,22). The molecule has 0 unspecified atom stereocenters. The Hall–Kier alpha value is -2.22. The molecule has 118 valence electrons. The first-order valence-corrected chi connectivity index (χ1v) is 8.04. The Morgan fingerprint density at radius 3 is 3.04 bits per heavy atom. The third-order valence-corrected chi connectivity index (χ3v) is 4.94. The number of hydrogen-bond donors (Lipinski definition) is 1. The van der Waals surface area contributed by atoms with Crippen LogP contribution >= 0.6 is 11.3 Å². The summed E-state index contributed by atoms with van der Waals surface area (Å²) in [5, 5.41) is 7.05. The SMILES string of the molecule is Cc1ccnc(Cc2nc3c(s2)CCC(F)(F)c2[nH]ncc2-3)n1. The van der Waals surface area contributed by atoms with E-state index in [4.69, 9.17) is 0 Å². The predicted octanol–water partition coefficient (Wildman–Crippen LogP) is 3.26. The summed E-state index contributed by atoms with van der Waals surface area (Å²) >= 11 is 1.45. The van der Waals surface area contributed by atoms with Crippen LogP contribution in [0.4, 0.5) is 8.78 Å². The number of thiazole rings is 1. The van der Waals surface area contributed by atoms with Gasteiger partial charge in [0.1, 0.15) is 16.5 Å². The van der Waals surface area contributed by atoms with Gasteiger partial charge in [0.25, 0.3) is 5.92 Å². The summed E-state index contributed by atoms with van der Waals surface area (Å²) in [6, 6.07) is 1.83. The van der Waals surface area contributed by atoms with Crippen molar-refractivity contribution < 1.29 is 8.78 Å². The second-order valence-corrected chi connectivity index (χ2v) is 6.70. The Bertz CT molecular complexity index is 870. The van der Waals surface area contributed by atoms with Crippen molar-refractivity contribution >= 4 is 11.3 Å². The first kappa shape index (κ1) is 14.4. The van der Waals surface area contributed by atoms with E-state index in [2.05, 4.69) is 25.1 Å². The summed E-state index contributed by atoms with van der Waals surface area (Å²) in [5.74, 6) is -2.21. The zero-order chi connectivity index (χ0) is 16.0. The molecule has 1 N–H and O–H groups in total. The molecule has 8 heteroatoms. The van der Waals surface area contributed by atoms with Crippen LogP contribution < -0.4 is 0 Å². The molecule has 1 aliphatic carbocycles. The third-order valence-electron chi connectivity index (χ3n) is 3.82. The molecule has 0 spiro atoms. The summed E-state index contributed by atoms with van der Waals surface area (Å²) in [5.41, 5.74) is 1.76. The van der Waals surface area contributed by atoms with Crippen molar-refractivity contribution in [1.29, 1.82) is 0 Å². The largest absolute Gasteiger partial charge is 0.290 e. The number of rotatable bonds is 2. The maximum atomic E-state index is 14.1. The summed E-state index contributed by atoms with van der Waals surface area (Å²) in [6.07, 6.45) is 3.71. The summed E-state index contributed by atoms with van der Waals surface area (Å²) in [7, 11) is 0.